The molecule has 0 radical (unpaired) electrons. The van der Waals surface area contributed by atoms with Crippen LogP contribution < -0.4 is 0 Å². The maximum absolute atomic E-state index is 10.8. The molecular weight excluding hydrogens is 256 g/mol. The normalized spacial score (nSPS) is 11.1. The minimum absolute atomic E-state index is 0.219. The monoisotopic (exact) mass is 274 g/mol. The van der Waals surface area contributed by atoms with E-state index in [0.29, 0.717) is 6.61 Å². The van der Waals surface area contributed by atoms with Crippen molar-refractivity contribution in [3.8, 4) is 0 Å². The summed E-state index contributed by atoms with van der Waals surface area (Å²) in [7, 11) is 0. The summed E-state index contributed by atoms with van der Waals surface area (Å²) < 4.78 is 4.91. The first-order valence-corrected chi connectivity index (χ1v) is 6.19. The van der Waals surface area contributed by atoms with E-state index in [1.54, 1.807) is 0 Å². The van der Waals surface area contributed by atoms with Gasteiger partial charge in [-0.15, -0.1) is 0 Å². The highest BCUT2D eigenvalue weighted by Crippen LogP contribution is 2.06. The molecule has 0 heterocycles. The van der Waals surface area contributed by atoms with Crippen LogP contribution in [0.3, 0.4) is 0 Å². The predicted octanol–water partition coefficient (Wildman–Crippen LogP) is 3.62. The second-order valence-corrected chi connectivity index (χ2v) is 4.25. The lowest BCUT2D eigenvalue weighted by molar-refractivity contribution is -0.139. The summed E-state index contributed by atoms with van der Waals surface area (Å²) in [6.45, 7) is 6.62. The Labute approximate surface area is 101 Å². The Morgan fingerprint density at radius 3 is 2.47 bits per heavy atom. The van der Waals surface area contributed by atoms with Gasteiger partial charge in [-0.1, -0.05) is 33.2 Å². The van der Waals surface area contributed by atoms with Crippen molar-refractivity contribution in [2.24, 2.45) is 0 Å². The van der Waals surface area contributed by atoms with Crippen molar-refractivity contribution in [3.63, 3.8) is 0 Å². The zero-order chi connectivity index (χ0) is 11.7. The first-order chi connectivity index (χ1) is 7.06. The number of alkyl halides is 1. The fourth-order valence-electron chi connectivity index (χ4n) is 1.01. The second-order valence-electron chi connectivity index (χ2n) is 3.69. The molecule has 0 aliphatic carbocycles. The van der Waals surface area contributed by atoms with Crippen LogP contribution in [0.5, 0.6) is 0 Å². The van der Waals surface area contributed by atoms with Crippen molar-refractivity contribution in [2.45, 2.75) is 33.6 Å². The van der Waals surface area contributed by atoms with Gasteiger partial charge in [0.1, 0.15) is 11.9 Å². The maximum atomic E-state index is 10.8. The van der Waals surface area contributed by atoms with E-state index in [4.69, 9.17) is 4.74 Å². The third-order valence-electron chi connectivity index (χ3n) is 1.88. The molecule has 15 heavy (non-hydrogen) atoms. The molecule has 0 spiro atoms. The van der Waals surface area contributed by atoms with Crippen molar-refractivity contribution in [3.05, 3.63) is 23.3 Å². The van der Waals surface area contributed by atoms with Crippen molar-refractivity contribution in [2.75, 3.05) is 11.9 Å². The highest BCUT2D eigenvalue weighted by molar-refractivity contribution is 9.09. The third-order valence-corrected chi connectivity index (χ3v) is 2.33. The van der Waals surface area contributed by atoms with E-state index in [9.17, 15) is 4.79 Å². The molecule has 0 aromatic heterocycles. The van der Waals surface area contributed by atoms with Crippen LogP contribution in [-0.2, 0) is 9.53 Å². The van der Waals surface area contributed by atoms with Gasteiger partial charge in [0.25, 0.3) is 0 Å². The number of hydrogen-bond acceptors (Lipinski definition) is 2. The quantitative estimate of drug-likeness (QED) is 0.420. The predicted molar refractivity (Wildman–Crippen MR) is 67.2 cm³/mol. The Kier molecular flexibility index (Phi) is 8.38. The molecule has 0 fully saturated rings. The number of carbonyl (C=O) groups excluding carboxylic acids is 1. The van der Waals surface area contributed by atoms with Crippen LogP contribution in [0.2, 0.25) is 0 Å². The summed E-state index contributed by atoms with van der Waals surface area (Å²) in [6, 6.07) is 0. The summed E-state index contributed by atoms with van der Waals surface area (Å²) in [6.07, 6.45) is 6.25. The molecule has 0 amide bonds. The Morgan fingerprint density at radius 1 is 1.27 bits per heavy atom. The number of rotatable bonds is 6. The van der Waals surface area contributed by atoms with Gasteiger partial charge in [0.15, 0.2) is 0 Å². The number of ether oxygens (including phenoxy) is 1. The van der Waals surface area contributed by atoms with Gasteiger partial charge in [0, 0.05) is 0 Å². The average molecular weight is 275 g/mol. The zero-order valence-electron chi connectivity index (χ0n) is 9.68. The number of carbonyl (C=O) groups is 1. The Hall–Kier alpha value is -0.570. The van der Waals surface area contributed by atoms with E-state index in [0.717, 1.165) is 12.8 Å². The fourth-order valence-corrected chi connectivity index (χ4v) is 1.17. The molecule has 0 aromatic rings. The lowest BCUT2D eigenvalue weighted by atomic mass is 10.1. The van der Waals surface area contributed by atoms with Crippen molar-refractivity contribution in [1.82, 2.24) is 0 Å². The lowest BCUT2D eigenvalue weighted by Gasteiger charge is -2.01. The van der Waals surface area contributed by atoms with Crippen LogP contribution >= 0.6 is 15.9 Å². The molecule has 86 valence electrons. The van der Waals surface area contributed by atoms with Crippen LogP contribution in [0.4, 0.5) is 0 Å². The average Bonchev–Trinajstić information content (AvgIpc) is 2.17. The number of esters is 1. The van der Waals surface area contributed by atoms with Crippen molar-refractivity contribution >= 4 is 21.9 Å². The summed E-state index contributed by atoms with van der Waals surface area (Å²) in [5.41, 5.74) is 2.60. The minimum Gasteiger partial charge on any atom is -0.461 e. The standard InChI is InChI=1S/C12H19BrO2/c1-10(2)5-4-6-11(3)7-8-15-12(14)9-13/h5,7H,4,6,8-9H2,1-3H3. The summed E-state index contributed by atoms with van der Waals surface area (Å²) in [4.78, 5) is 10.8. The topological polar surface area (TPSA) is 26.3 Å². The number of hydrogen-bond donors (Lipinski definition) is 0. The largest absolute Gasteiger partial charge is 0.461 e. The molecule has 0 aliphatic heterocycles. The van der Waals surface area contributed by atoms with Crippen LogP contribution in [0.15, 0.2) is 23.3 Å². The number of allylic oxidation sites excluding steroid dienone is 3. The van der Waals surface area contributed by atoms with Gasteiger partial charge in [0.2, 0.25) is 0 Å². The van der Waals surface area contributed by atoms with Gasteiger partial charge >= 0.3 is 5.97 Å². The van der Waals surface area contributed by atoms with E-state index in [-0.39, 0.29) is 11.3 Å². The van der Waals surface area contributed by atoms with Gasteiger partial charge in [0.05, 0.1) is 0 Å². The van der Waals surface area contributed by atoms with E-state index >= 15 is 0 Å². The Morgan fingerprint density at radius 2 is 1.93 bits per heavy atom. The van der Waals surface area contributed by atoms with Crippen LogP contribution in [0, 0.1) is 0 Å². The van der Waals surface area contributed by atoms with Gasteiger partial charge in [-0.2, -0.15) is 0 Å². The van der Waals surface area contributed by atoms with Crippen molar-refractivity contribution < 1.29 is 9.53 Å². The SMILES string of the molecule is CC(C)=CCCC(C)=CCOC(=O)CBr. The highest BCUT2D eigenvalue weighted by atomic mass is 79.9. The molecule has 0 saturated heterocycles. The molecule has 0 atom stereocenters. The lowest BCUT2D eigenvalue weighted by Crippen LogP contribution is -2.05. The van der Waals surface area contributed by atoms with Crippen molar-refractivity contribution in [1.29, 1.82) is 0 Å². The molecular formula is C12H19BrO2. The van der Waals surface area contributed by atoms with Crippen LogP contribution in [0.1, 0.15) is 33.6 Å². The smallest absolute Gasteiger partial charge is 0.316 e. The van der Waals surface area contributed by atoms with Crippen LogP contribution in [0.25, 0.3) is 0 Å². The minimum atomic E-state index is -0.219. The van der Waals surface area contributed by atoms with Crippen LogP contribution in [-0.4, -0.2) is 17.9 Å². The van der Waals surface area contributed by atoms with E-state index in [1.807, 2.05) is 6.08 Å². The van der Waals surface area contributed by atoms with Gasteiger partial charge in [-0.3, -0.25) is 4.79 Å². The molecule has 0 N–H and O–H groups in total. The Bertz CT molecular complexity index is 250. The highest BCUT2D eigenvalue weighted by Gasteiger charge is 1.96. The molecule has 2 nitrogen and oxygen atoms in total. The summed E-state index contributed by atoms with van der Waals surface area (Å²) >= 11 is 3.04. The van der Waals surface area contributed by atoms with Gasteiger partial charge < -0.3 is 4.74 Å². The first kappa shape index (κ1) is 14.4. The Balaban J connectivity index is 3.70. The fraction of sp³-hybridized carbons (Fsp3) is 0.583. The second kappa shape index (κ2) is 8.72. The zero-order valence-corrected chi connectivity index (χ0v) is 11.3. The first-order valence-electron chi connectivity index (χ1n) is 5.07. The van der Waals surface area contributed by atoms with Gasteiger partial charge in [-0.05, 0) is 39.7 Å². The number of halogens is 1. The molecule has 0 bridgehead atoms. The molecule has 0 aromatic carbocycles. The summed E-state index contributed by atoms with van der Waals surface area (Å²) in [5.74, 6) is -0.219. The maximum Gasteiger partial charge on any atom is 0.316 e. The van der Waals surface area contributed by atoms with E-state index < -0.39 is 0 Å². The summed E-state index contributed by atoms with van der Waals surface area (Å²) in [5, 5.41) is 0.262. The molecule has 3 heteroatoms. The molecule has 0 aliphatic rings. The molecule has 0 unspecified atom stereocenters. The van der Waals surface area contributed by atoms with E-state index in [1.165, 1.54) is 11.1 Å². The van der Waals surface area contributed by atoms with Gasteiger partial charge in [-0.25, -0.2) is 0 Å². The van der Waals surface area contributed by atoms with E-state index in [2.05, 4.69) is 42.8 Å². The molecule has 0 rings (SSSR count). The molecule has 0 saturated carbocycles. The third kappa shape index (κ3) is 9.73.